The predicted octanol–water partition coefficient (Wildman–Crippen LogP) is 0.409. The maximum absolute atomic E-state index is 12.5. The Balaban J connectivity index is 0.00000147. The van der Waals surface area contributed by atoms with Crippen molar-refractivity contribution in [2.75, 3.05) is 0 Å². The van der Waals surface area contributed by atoms with E-state index in [-0.39, 0.29) is 29.6 Å². The fourth-order valence-corrected chi connectivity index (χ4v) is 3.58. The second kappa shape index (κ2) is 6.20. The van der Waals surface area contributed by atoms with E-state index < -0.39 is 10.2 Å². The van der Waals surface area contributed by atoms with Gasteiger partial charge < -0.3 is 4.55 Å². The standard InChI is InChI=1S/C16H14O2S.Na/c17-19(18,15-8-2-1-3-9-15)16-11-10-13-6-4-5-7-14(13)12-16;/h1-12,19H,(H,17,18);/q;+1/p-1. The van der Waals surface area contributed by atoms with Crippen molar-refractivity contribution in [3.8, 4) is 0 Å². The van der Waals surface area contributed by atoms with Crippen LogP contribution in [0.15, 0.2) is 82.6 Å². The van der Waals surface area contributed by atoms with E-state index in [9.17, 15) is 8.76 Å². The van der Waals surface area contributed by atoms with Gasteiger partial charge in [0, 0.05) is 9.79 Å². The molecule has 0 aliphatic rings. The van der Waals surface area contributed by atoms with Crippen LogP contribution in [0.2, 0.25) is 0 Å². The van der Waals surface area contributed by atoms with Crippen LogP contribution in [-0.2, 0) is 10.2 Å². The Kier molecular flexibility index (Phi) is 4.78. The zero-order chi connectivity index (χ0) is 13.3. The molecule has 3 aromatic rings. The number of sulfone groups is 1. The minimum atomic E-state index is -3.75. The van der Waals surface area contributed by atoms with Crippen LogP contribution in [-0.4, -0.2) is 8.76 Å². The van der Waals surface area contributed by atoms with Gasteiger partial charge in [-0.05, 0) is 35.0 Å². The molecule has 0 fully saturated rings. The van der Waals surface area contributed by atoms with Crippen molar-refractivity contribution in [2.24, 2.45) is 0 Å². The molecule has 0 N–H and O–H groups in total. The summed E-state index contributed by atoms with van der Waals surface area (Å²) in [4.78, 5) is 0.711. The molecule has 0 spiro atoms. The first-order valence-electron chi connectivity index (χ1n) is 6.04. The van der Waals surface area contributed by atoms with Gasteiger partial charge in [-0.25, -0.2) is 4.21 Å². The Morgan fingerprint density at radius 3 is 2.00 bits per heavy atom. The smallest absolute Gasteiger partial charge is 0.764 e. The Bertz CT molecular complexity index is 772. The van der Waals surface area contributed by atoms with Crippen molar-refractivity contribution in [2.45, 2.75) is 9.79 Å². The fraction of sp³-hybridized carbons (Fsp3) is 0. The molecule has 0 bridgehead atoms. The van der Waals surface area contributed by atoms with Gasteiger partial charge in [0.15, 0.2) is 0 Å². The minimum Gasteiger partial charge on any atom is -0.764 e. The first kappa shape index (κ1) is 15.4. The summed E-state index contributed by atoms with van der Waals surface area (Å²) in [6.45, 7) is 0. The number of hydrogen-bond donors (Lipinski definition) is 1. The summed E-state index contributed by atoms with van der Waals surface area (Å²) in [5, 5.41) is 1.98. The van der Waals surface area contributed by atoms with Crippen molar-refractivity contribution in [1.29, 1.82) is 0 Å². The van der Waals surface area contributed by atoms with E-state index >= 15 is 0 Å². The van der Waals surface area contributed by atoms with E-state index in [2.05, 4.69) is 0 Å². The molecule has 0 unspecified atom stereocenters. The van der Waals surface area contributed by atoms with Gasteiger partial charge in [-0.3, -0.25) is 10.2 Å². The zero-order valence-electron chi connectivity index (χ0n) is 11.2. The maximum atomic E-state index is 12.5. The molecule has 4 heteroatoms. The molecule has 0 heterocycles. The number of benzene rings is 3. The van der Waals surface area contributed by atoms with Crippen LogP contribution in [0.1, 0.15) is 0 Å². The van der Waals surface area contributed by atoms with Crippen molar-refractivity contribution < 1.29 is 38.3 Å². The Morgan fingerprint density at radius 1 is 0.700 bits per heavy atom. The van der Waals surface area contributed by atoms with Crippen LogP contribution < -0.4 is 29.6 Å². The third-order valence-corrected chi connectivity index (χ3v) is 5.11. The van der Waals surface area contributed by atoms with Gasteiger partial charge in [0.05, 0.1) is 0 Å². The van der Waals surface area contributed by atoms with E-state index in [1.165, 1.54) is 0 Å². The fourth-order valence-electron chi connectivity index (χ4n) is 2.13. The normalized spacial score (nSPS) is 11.8. The van der Waals surface area contributed by atoms with E-state index in [0.717, 1.165) is 10.8 Å². The second-order valence-electron chi connectivity index (χ2n) is 4.42. The summed E-state index contributed by atoms with van der Waals surface area (Å²) >= 11 is 0. The van der Waals surface area contributed by atoms with E-state index in [4.69, 9.17) is 0 Å². The number of rotatable bonds is 2. The second-order valence-corrected chi connectivity index (χ2v) is 6.55. The Hall–Kier alpha value is -0.970. The van der Waals surface area contributed by atoms with Crippen LogP contribution in [0.25, 0.3) is 10.8 Å². The largest absolute Gasteiger partial charge is 1.00 e. The zero-order valence-corrected chi connectivity index (χ0v) is 14.1. The molecule has 0 amide bonds. The van der Waals surface area contributed by atoms with Crippen LogP contribution in [0.3, 0.4) is 0 Å². The van der Waals surface area contributed by atoms with Gasteiger partial charge >= 0.3 is 29.6 Å². The summed E-state index contributed by atoms with van der Waals surface area (Å²) in [7, 11) is -3.75. The average molecular weight is 292 g/mol. The molecule has 0 radical (unpaired) electrons. The van der Waals surface area contributed by atoms with Crippen LogP contribution in [0.4, 0.5) is 0 Å². The summed E-state index contributed by atoms with van der Waals surface area (Å²) < 4.78 is 25.0. The quantitative estimate of drug-likeness (QED) is 0.549. The van der Waals surface area contributed by atoms with E-state index in [1.807, 2.05) is 36.4 Å². The molecule has 20 heavy (non-hydrogen) atoms. The predicted molar refractivity (Wildman–Crippen MR) is 77.2 cm³/mol. The molecular formula is C16H13NaO2S. The minimum absolute atomic E-state index is 0. The van der Waals surface area contributed by atoms with Crippen molar-refractivity contribution in [3.05, 3.63) is 72.8 Å². The first-order valence-corrected chi connectivity index (χ1v) is 7.66. The number of thiol groups is 1. The summed E-state index contributed by atoms with van der Waals surface area (Å²) in [6.07, 6.45) is 0. The van der Waals surface area contributed by atoms with Crippen LogP contribution >= 0.6 is 0 Å². The molecule has 2 nitrogen and oxygen atoms in total. The van der Waals surface area contributed by atoms with Gasteiger partial charge in [0.25, 0.3) is 0 Å². The molecule has 0 aliphatic heterocycles. The first-order chi connectivity index (χ1) is 9.18. The number of hydrogen-bond acceptors (Lipinski definition) is 2. The van der Waals surface area contributed by atoms with Gasteiger partial charge in [-0.1, -0.05) is 48.5 Å². The molecule has 0 atom stereocenters. The van der Waals surface area contributed by atoms with Crippen molar-refractivity contribution in [1.82, 2.24) is 0 Å². The summed E-state index contributed by atoms with van der Waals surface area (Å²) in [5.74, 6) is 0. The molecule has 3 aromatic carbocycles. The molecule has 3 rings (SSSR count). The summed E-state index contributed by atoms with van der Waals surface area (Å²) in [6, 6.07) is 21.5. The van der Waals surface area contributed by atoms with E-state index in [0.29, 0.717) is 9.79 Å². The van der Waals surface area contributed by atoms with Gasteiger partial charge in [-0.15, -0.1) is 0 Å². The monoisotopic (exact) mass is 292 g/mol. The van der Waals surface area contributed by atoms with E-state index in [1.54, 1.807) is 36.4 Å². The molecule has 0 aromatic heterocycles. The van der Waals surface area contributed by atoms with Gasteiger partial charge in [0.2, 0.25) is 0 Å². The average Bonchev–Trinajstić information content (AvgIpc) is 2.47. The van der Waals surface area contributed by atoms with Crippen molar-refractivity contribution in [3.63, 3.8) is 0 Å². The molecular weight excluding hydrogens is 279 g/mol. The molecule has 0 aliphatic carbocycles. The third-order valence-electron chi connectivity index (χ3n) is 3.17. The SMILES string of the molecule is O=[SH]([O-])(c1ccccc1)c1ccc2ccccc2c1.[Na+]. The Morgan fingerprint density at radius 2 is 1.30 bits per heavy atom. The maximum Gasteiger partial charge on any atom is 1.00 e. The molecule has 0 saturated heterocycles. The molecule has 0 saturated carbocycles. The van der Waals surface area contributed by atoms with Gasteiger partial charge in [0.1, 0.15) is 0 Å². The van der Waals surface area contributed by atoms with Crippen LogP contribution in [0.5, 0.6) is 0 Å². The number of fused-ring (bicyclic) bond motifs is 1. The topological polar surface area (TPSA) is 40.1 Å². The van der Waals surface area contributed by atoms with Crippen LogP contribution in [0, 0.1) is 0 Å². The van der Waals surface area contributed by atoms with Gasteiger partial charge in [-0.2, -0.15) is 0 Å². The van der Waals surface area contributed by atoms with Crippen molar-refractivity contribution >= 4 is 21.0 Å². The summed E-state index contributed by atoms with van der Waals surface area (Å²) in [5.41, 5.74) is 0. The Labute approximate surface area is 141 Å². The third kappa shape index (κ3) is 2.87. The molecule has 96 valence electrons.